The normalized spacial score (nSPS) is 10.2. The molecule has 21 heavy (non-hydrogen) atoms. The van der Waals surface area contributed by atoms with Crippen LogP contribution in [0.4, 0.5) is 11.4 Å². The lowest BCUT2D eigenvalue weighted by molar-refractivity contribution is -0.384. The molecule has 0 aliphatic carbocycles. The number of benzene rings is 1. The molecule has 1 N–H and O–H groups in total. The van der Waals surface area contributed by atoms with Gasteiger partial charge in [-0.2, -0.15) is 0 Å². The fourth-order valence-corrected chi connectivity index (χ4v) is 2.03. The molecule has 6 nitrogen and oxygen atoms in total. The van der Waals surface area contributed by atoms with E-state index >= 15 is 0 Å². The quantitative estimate of drug-likeness (QED) is 0.503. The van der Waals surface area contributed by atoms with Crippen LogP contribution in [0.25, 0.3) is 0 Å². The molecule has 0 radical (unpaired) electrons. The summed E-state index contributed by atoms with van der Waals surface area (Å²) in [4.78, 5) is 26.3. The van der Waals surface area contributed by atoms with Gasteiger partial charge < -0.3 is 5.32 Å². The molecular formula is C13H9BrClN3O3. The van der Waals surface area contributed by atoms with Crippen molar-refractivity contribution in [2.75, 3.05) is 5.32 Å². The number of pyridine rings is 1. The van der Waals surface area contributed by atoms with Crippen LogP contribution in [0.15, 0.2) is 35.1 Å². The summed E-state index contributed by atoms with van der Waals surface area (Å²) in [5, 5.41) is 13.4. The minimum Gasteiger partial charge on any atom is -0.321 e. The molecule has 0 saturated heterocycles. The highest BCUT2D eigenvalue weighted by molar-refractivity contribution is 9.10. The number of hydrogen-bond acceptors (Lipinski definition) is 4. The molecule has 108 valence electrons. The van der Waals surface area contributed by atoms with Gasteiger partial charge in [-0.05, 0) is 46.6 Å². The van der Waals surface area contributed by atoms with Crippen LogP contribution in [0, 0.1) is 17.0 Å². The molecule has 1 amide bonds. The number of aromatic nitrogens is 1. The second-order valence-corrected chi connectivity index (χ2v) is 5.37. The summed E-state index contributed by atoms with van der Waals surface area (Å²) in [6.45, 7) is 1.83. The number of hydrogen-bond donors (Lipinski definition) is 1. The molecule has 0 fully saturated rings. The average Bonchev–Trinajstić information content (AvgIpc) is 2.43. The highest BCUT2D eigenvalue weighted by Gasteiger charge is 2.16. The molecule has 0 atom stereocenters. The number of nitrogens with one attached hydrogen (secondary N) is 1. The van der Waals surface area contributed by atoms with Crippen LogP contribution in [0.2, 0.25) is 5.02 Å². The number of nitro groups is 1. The van der Waals surface area contributed by atoms with Crippen molar-refractivity contribution in [1.29, 1.82) is 0 Å². The fourth-order valence-electron chi connectivity index (χ4n) is 1.62. The van der Waals surface area contributed by atoms with E-state index in [0.717, 1.165) is 11.6 Å². The number of nitro benzene ring substituents is 1. The average molecular weight is 371 g/mol. The third-order valence-electron chi connectivity index (χ3n) is 2.68. The molecular weight excluding hydrogens is 362 g/mol. The number of nitrogens with zero attached hydrogens (tertiary/aromatic N) is 2. The molecule has 0 spiro atoms. The largest absolute Gasteiger partial charge is 0.321 e. The molecule has 0 saturated carbocycles. The predicted octanol–water partition coefficient (Wildman–Crippen LogP) is 3.97. The Morgan fingerprint density at radius 1 is 1.43 bits per heavy atom. The lowest BCUT2D eigenvalue weighted by Gasteiger charge is -2.07. The Balaban J connectivity index is 2.26. The first-order chi connectivity index (χ1) is 9.88. The molecule has 0 unspecified atom stereocenters. The van der Waals surface area contributed by atoms with E-state index in [1.54, 1.807) is 6.07 Å². The highest BCUT2D eigenvalue weighted by atomic mass is 79.9. The van der Waals surface area contributed by atoms with Crippen LogP contribution in [0.1, 0.15) is 15.9 Å². The van der Waals surface area contributed by atoms with E-state index in [4.69, 9.17) is 11.6 Å². The van der Waals surface area contributed by atoms with Crippen LogP contribution in [-0.4, -0.2) is 15.8 Å². The Labute approximate surface area is 133 Å². The zero-order chi connectivity index (χ0) is 15.6. The van der Waals surface area contributed by atoms with E-state index in [2.05, 4.69) is 26.2 Å². The third-order valence-corrected chi connectivity index (χ3v) is 3.83. The number of carbonyl (C=O) groups excluding carboxylic acids is 1. The van der Waals surface area contributed by atoms with Crippen molar-refractivity contribution in [1.82, 2.24) is 4.98 Å². The first-order valence-corrected chi connectivity index (χ1v) is 6.93. The van der Waals surface area contributed by atoms with Crippen molar-refractivity contribution in [2.24, 2.45) is 0 Å². The predicted molar refractivity (Wildman–Crippen MR) is 82.7 cm³/mol. The molecule has 2 rings (SSSR count). The molecule has 0 aliphatic heterocycles. The molecule has 1 aromatic carbocycles. The topological polar surface area (TPSA) is 85.1 Å². The van der Waals surface area contributed by atoms with E-state index in [1.165, 1.54) is 18.3 Å². The minimum atomic E-state index is -0.634. The number of halogens is 2. The monoisotopic (exact) mass is 369 g/mol. The summed E-state index contributed by atoms with van der Waals surface area (Å²) >= 11 is 8.97. The summed E-state index contributed by atoms with van der Waals surface area (Å²) in [5.74, 6) is -0.474. The maximum atomic E-state index is 12.1. The minimum absolute atomic E-state index is 0.0160. The lowest BCUT2D eigenvalue weighted by Crippen LogP contribution is -2.12. The van der Waals surface area contributed by atoms with Gasteiger partial charge in [0.05, 0.1) is 16.8 Å². The zero-order valence-corrected chi connectivity index (χ0v) is 13.1. The Kier molecular flexibility index (Phi) is 4.54. The summed E-state index contributed by atoms with van der Waals surface area (Å²) in [6, 6.07) is 5.61. The third kappa shape index (κ3) is 3.56. The number of carbonyl (C=O) groups is 1. The van der Waals surface area contributed by atoms with Gasteiger partial charge >= 0.3 is 0 Å². The van der Waals surface area contributed by atoms with Gasteiger partial charge in [0, 0.05) is 11.6 Å². The Bertz CT molecular complexity index is 737. The standard InChI is InChI=1S/C13H9BrClN3O3/c1-7-4-9(6-16-12(7)14)17-13(19)8-2-3-10(15)11(5-8)18(20)21/h2-6H,1H3,(H,17,19). The molecule has 8 heteroatoms. The second-order valence-electron chi connectivity index (χ2n) is 4.21. The molecule has 0 aliphatic rings. The Hall–Kier alpha value is -1.99. The van der Waals surface area contributed by atoms with Gasteiger partial charge in [0.25, 0.3) is 11.6 Å². The van der Waals surface area contributed by atoms with Crippen LogP contribution in [-0.2, 0) is 0 Å². The van der Waals surface area contributed by atoms with Crippen molar-refractivity contribution in [2.45, 2.75) is 6.92 Å². The number of aryl methyl sites for hydroxylation is 1. The van der Waals surface area contributed by atoms with Crippen molar-refractivity contribution >= 4 is 44.8 Å². The fraction of sp³-hybridized carbons (Fsp3) is 0.0769. The van der Waals surface area contributed by atoms with Gasteiger partial charge in [0.2, 0.25) is 0 Å². The SMILES string of the molecule is Cc1cc(NC(=O)c2ccc(Cl)c([N+](=O)[O-])c2)cnc1Br. The van der Waals surface area contributed by atoms with Crippen LogP contribution >= 0.6 is 27.5 Å². The van der Waals surface area contributed by atoms with Gasteiger partial charge in [-0.1, -0.05) is 11.6 Å². The smallest absolute Gasteiger partial charge is 0.288 e. The van der Waals surface area contributed by atoms with Crippen LogP contribution in [0.3, 0.4) is 0 Å². The first kappa shape index (κ1) is 15.4. The van der Waals surface area contributed by atoms with Crippen molar-refractivity contribution in [3.05, 3.63) is 61.3 Å². The maximum Gasteiger partial charge on any atom is 0.288 e. The Morgan fingerprint density at radius 2 is 2.14 bits per heavy atom. The molecule has 0 bridgehead atoms. The summed E-state index contributed by atoms with van der Waals surface area (Å²) < 4.78 is 0.683. The summed E-state index contributed by atoms with van der Waals surface area (Å²) in [7, 11) is 0. The molecule has 2 aromatic rings. The van der Waals surface area contributed by atoms with Gasteiger partial charge in [-0.25, -0.2) is 4.98 Å². The first-order valence-electron chi connectivity index (χ1n) is 5.76. The Morgan fingerprint density at radius 3 is 2.76 bits per heavy atom. The summed E-state index contributed by atoms with van der Waals surface area (Å²) in [5.41, 5.74) is 1.19. The maximum absolute atomic E-state index is 12.1. The van der Waals surface area contributed by atoms with Crippen molar-refractivity contribution < 1.29 is 9.72 Å². The lowest BCUT2D eigenvalue weighted by atomic mass is 10.2. The number of amides is 1. The van der Waals surface area contributed by atoms with Gasteiger partial charge in [0.1, 0.15) is 9.63 Å². The highest BCUT2D eigenvalue weighted by Crippen LogP contribution is 2.25. The van der Waals surface area contributed by atoms with Gasteiger partial charge in [-0.15, -0.1) is 0 Å². The summed E-state index contributed by atoms with van der Waals surface area (Å²) in [6.07, 6.45) is 1.49. The van der Waals surface area contributed by atoms with Crippen LogP contribution in [0.5, 0.6) is 0 Å². The molecule has 1 heterocycles. The second kappa shape index (κ2) is 6.19. The van der Waals surface area contributed by atoms with Crippen molar-refractivity contribution in [3.63, 3.8) is 0 Å². The van der Waals surface area contributed by atoms with E-state index in [0.29, 0.717) is 10.3 Å². The number of rotatable bonds is 3. The van der Waals surface area contributed by atoms with Gasteiger partial charge in [0.15, 0.2) is 0 Å². The number of anilines is 1. The van der Waals surface area contributed by atoms with E-state index in [9.17, 15) is 14.9 Å². The van der Waals surface area contributed by atoms with E-state index in [1.807, 2.05) is 6.92 Å². The van der Waals surface area contributed by atoms with E-state index < -0.39 is 10.8 Å². The van der Waals surface area contributed by atoms with Gasteiger partial charge in [-0.3, -0.25) is 14.9 Å². The van der Waals surface area contributed by atoms with Crippen molar-refractivity contribution in [3.8, 4) is 0 Å². The zero-order valence-electron chi connectivity index (χ0n) is 10.8. The van der Waals surface area contributed by atoms with E-state index in [-0.39, 0.29) is 16.3 Å². The van der Waals surface area contributed by atoms with Crippen LogP contribution < -0.4 is 5.32 Å². The molecule has 1 aromatic heterocycles.